The van der Waals surface area contributed by atoms with Crippen molar-refractivity contribution in [3.63, 3.8) is 0 Å². The standard InChI is InChI=1S/C58H89NO13/c1-3-5-7-9-11-13-14-15-16-17-18-19-20-21-22-23-24-25-26-27-28-29-30-31-32-34-36-38-40-42-50(63)59-46(47(62)41-39-37-35-33-12-10-8-6-4-2)45-69-57-55(68)53(66)56(49(44-61)71-57)72-58-54(67)52(65)51(64)48(43-60)70-58/h4-7,11-13,15-16,18-19,21-22,24-25,27-28,30-31,33-34,36,39,41,46-49,51-58,60-62,64-68H,3,8-10,14,17,20,23,26,29,32,35,37-38,40,42-45H2,1-2H3,(H,59,63)/b6-4+,7-5-,13-11-,16-15-,19-18-,22-21-,25-24-,28-27-,31-30-,33-12+,36-34-,41-39+. The van der Waals surface area contributed by atoms with E-state index in [0.717, 1.165) is 77.0 Å². The SMILES string of the molecule is C/C=C/CC/C=C/CC/C=C/C(O)C(COC1OC(CO)C(OC2OC(CO)C(O)C(O)C2O)C(O)C1O)NC(=O)CCC/C=C\C/C=C\C/C=C\C/C=C\C/C=C\C/C=C\C/C=C\C/C=C\C/C=C\CC. The lowest BCUT2D eigenvalue weighted by Gasteiger charge is -2.46. The molecule has 12 atom stereocenters. The van der Waals surface area contributed by atoms with E-state index in [1.54, 1.807) is 6.08 Å². The van der Waals surface area contributed by atoms with Crippen molar-refractivity contribution in [3.8, 4) is 0 Å². The quantitative estimate of drug-likeness (QED) is 0.0218. The van der Waals surface area contributed by atoms with Crippen molar-refractivity contribution in [2.24, 2.45) is 0 Å². The summed E-state index contributed by atoms with van der Waals surface area (Å²) >= 11 is 0. The van der Waals surface area contributed by atoms with Gasteiger partial charge in [0.1, 0.15) is 48.8 Å². The molecular weight excluding hydrogens is 919 g/mol. The van der Waals surface area contributed by atoms with E-state index in [9.17, 15) is 45.6 Å². The third-order valence-electron chi connectivity index (χ3n) is 11.6. The number of aliphatic hydroxyl groups excluding tert-OH is 8. The van der Waals surface area contributed by atoms with Gasteiger partial charge in [-0.25, -0.2) is 0 Å². The summed E-state index contributed by atoms with van der Waals surface area (Å²) in [7, 11) is 0. The second kappa shape index (κ2) is 42.2. The van der Waals surface area contributed by atoms with Gasteiger partial charge in [0, 0.05) is 6.42 Å². The molecule has 2 aliphatic rings. The van der Waals surface area contributed by atoms with Crippen LogP contribution in [0, 0.1) is 0 Å². The van der Waals surface area contributed by atoms with Gasteiger partial charge < -0.3 is 65.1 Å². The van der Waals surface area contributed by atoms with E-state index in [-0.39, 0.29) is 18.9 Å². The summed E-state index contributed by atoms with van der Waals surface area (Å²) in [6.45, 7) is 2.32. The molecule has 404 valence electrons. The van der Waals surface area contributed by atoms with Crippen LogP contribution in [0.3, 0.4) is 0 Å². The number of ether oxygens (including phenoxy) is 4. The molecule has 0 aromatic heterocycles. The molecule has 0 radical (unpaired) electrons. The topological polar surface area (TPSA) is 228 Å². The number of carbonyl (C=O) groups is 1. The van der Waals surface area contributed by atoms with Crippen LogP contribution in [0.1, 0.15) is 117 Å². The zero-order valence-corrected chi connectivity index (χ0v) is 42.8. The lowest BCUT2D eigenvalue weighted by molar-refractivity contribution is -0.359. The minimum Gasteiger partial charge on any atom is -0.394 e. The molecule has 0 aliphatic carbocycles. The van der Waals surface area contributed by atoms with Crippen molar-refractivity contribution in [1.82, 2.24) is 5.32 Å². The number of allylic oxidation sites excluding steroid dienone is 23. The predicted molar refractivity (Wildman–Crippen MR) is 285 cm³/mol. The van der Waals surface area contributed by atoms with E-state index in [1.807, 2.05) is 25.2 Å². The van der Waals surface area contributed by atoms with Crippen LogP contribution in [0.5, 0.6) is 0 Å². The van der Waals surface area contributed by atoms with Gasteiger partial charge in [-0.05, 0) is 103 Å². The molecule has 14 nitrogen and oxygen atoms in total. The largest absolute Gasteiger partial charge is 0.394 e. The fourth-order valence-corrected chi connectivity index (χ4v) is 7.39. The van der Waals surface area contributed by atoms with Gasteiger partial charge in [0.25, 0.3) is 0 Å². The Kier molecular flexibility index (Phi) is 37.5. The van der Waals surface area contributed by atoms with Gasteiger partial charge in [0.05, 0.1) is 32.0 Å². The van der Waals surface area contributed by atoms with Crippen LogP contribution in [-0.2, 0) is 23.7 Å². The van der Waals surface area contributed by atoms with Gasteiger partial charge in [-0.1, -0.05) is 153 Å². The Morgan fingerprint density at radius 3 is 1.44 bits per heavy atom. The first kappa shape index (κ1) is 64.0. The van der Waals surface area contributed by atoms with Crippen LogP contribution in [0.15, 0.2) is 146 Å². The van der Waals surface area contributed by atoms with Crippen LogP contribution >= 0.6 is 0 Å². The Labute approximate surface area is 430 Å². The maximum atomic E-state index is 13.1. The molecule has 2 rings (SSSR count). The average molecular weight is 1010 g/mol. The molecule has 0 saturated carbocycles. The second-order valence-electron chi connectivity index (χ2n) is 17.6. The summed E-state index contributed by atoms with van der Waals surface area (Å²) < 4.78 is 22.6. The molecule has 9 N–H and O–H groups in total. The van der Waals surface area contributed by atoms with Crippen LogP contribution in [0.2, 0.25) is 0 Å². The summed E-state index contributed by atoms with van der Waals surface area (Å²) in [4.78, 5) is 13.1. The number of rotatable bonds is 37. The molecular formula is C58H89NO13. The number of nitrogens with one attached hydrogen (secondary N) is 1. The summed E-state index contributed by atoms with van der Waals surface area (Å²) in [5, 5.41) is 86.5. The Bertz CT molecular complexity index is 1760. The smallest absolute Gasteiger partial charge is 0.220 e. The molecule has 12 unspecified atom stereocenters. The van der Waals surface area contributed by atoms with E-state index in [4.69, 9.17) is 18.9 Å². The van der Waals surface area contributed by atoms with Crippen LogP contribution < -0.4 is 5.32 Å². The Hall–Kier alpha value is -4.13. The van der Waals surface area contributed by atoms with Crippen molar-refractivity contribution in [3.05, 3.63) is 146 Å². The van der Waals surface area contributed by atoms with Crippen molar-refractivity contribution >= 4 is 5.91 Å². The summed E-state index contributed by atoms with van der Waals surface area (Å²) in [5.74, 6) is -0.324. The normalized spacial score (nSPS) is 26.8. The minimum absolute atomic E-state index is 0.178. The monoisotopic (exact) mass is 1010 g/mol. The van der Waals surface area contributed by atoms with Gasteiger partial charge in [-0.15, -0.1) is 0 Å². The van der Waals surface area contributed by atoms with E-state index in [1.165, 1.54) is 0 Å². The Morgan fingerprint density at radius 1 is 0.528 bits per heavy atom. The first-order chi connectivity index (χ1) is 35.1. The van der Waals surface area contributed by atoms with Gasteiger partial charge in [-0.3, -0.25) is 4.79 Å². The highest BCUT2D eigenvalue weighted by Gasteiger charge is 2.51. The molecule has 2 saturated heterocycles. The Morgan fingerprint density at radius 2 is 0.958 bits per heavy atom. The third kappa shape index (κ3) is 28.4. The fraction of sp³-hybridized carbons (Fsp3) is 0.569. The highest BCUT2D eigenvalue weighted by molar-refractivity contribution is 5.76. The number of amides is 1. The first-order valence-electron chi connectivity index (χ1n) is 26.0. The number of hydrogen-bond donors (Lipinski definition) is 9. The van der Waals surface area contributed by atoms with Gasteiger partial charge in [0.2, 0.25) is 5.91 Å². The zero-order chi connectivity index (χ0) is 52.4. The van der Waals surface area contributed by atoms with Crippen molar-refractivity contribution in [1.29, 1.82) is 0 Å². The second-order valence-corrected chi connectivity index (χ2v) is 17.6. The maximum Gasteiger partial charge on any atom is 0.220 e. The molecule has 2 aliphatic heterocycles. The molecule has 0 spiro atoms. The number of unbranched alkanes of at least 4 members (excludes halogenated alkanes) is 3. The van der Waals surface area contributed by atoms with Gasteiger partial charge >= 0.3 is 0 Å². The molecule has 0 aromatic carbocycles. The lowest BCUT2D eigenvalue weighted by Crippen LogP contribution is -2.65. The minimum atomic E-state index is -1.80. The van der Waals surface area contributed by atoms with E-state index < -0.39 is 86.8 Å². The molecule has 2 heterocycles. The molecule has 1 amide bonds. The van der Waals surface area contributed by atoms with Crippen LogP contribution in [-0.4, -0.2) is 140 Å². The van der Waals surface area contributed by atoms with Crippen molar-refractivity contribution in [2.45, 2.75) is 190 Å². The number of hydrogen-bond acceptors (Lipinski definition) is 13. The van der Waals surface area contributed by atoms with Gasteiger partial charge in [0.15, 0.2) is 12.6 Å². The van der Waals surface area contributed by atoms with E-state index >= 15 is 0 Å². The average Bonchev–Trinajstić information content (AvgIpc) is 3.38. The van der Waals surface area contributed by atoms with E-state index in [0.29, 0.717) is 19.3 Å². The number of carbonyl (C=O) groups excluding carboxylic acids is 1. The van der Waals surface area contributed by atoms with E-state index in [2.05, 4.69) is 134 Å². The molecule has 14 heteroatoms. The molecule has 2 fully saturated rings. The van der Waals surface area contributed by atoms with Crippen molar-refractivity contribution in [2.75, 3.05) is 19.8 Å². The Balaban J connectivity index is 1.77. The molecule has 0 bridgehead atoms. The number of aliphatic hydroxyl groups is 8. The highest BCUT2D eigenvalue weighted by atomic mass is 16.7. The van der Waals surface area contributed by atoms with Gasteiger partial charge in [-0.2, -0.15) is 0 Å². The predicted octanol–water partition coefficient (Wildman–Crippen LogP) is 7.43. The summed E-state index contributed by atoms with van der Waals surface area (Å²) in [5.41, 5.74) is 0. The summed E-state index contributed by atoms with van der Waals surface area (Å²) in [6.07, 6.45) is 46.5. The van der Waals surface area contributed by atoms with Crippen molar-refractivity contribution < 1.29 is 64.6 Å². The molecule has 0 aromatic rings. The highest BCUT2D eigenvalue weighted by Crippen LogP contribution is 2.30. The lowest BCUT2D eigenvalue weighted by atomic mass is 9.97. The molecule has 72 heavy (non-hydrogen) atoms. The first-order valence-corrected chi connectivity index (χ1v) is 26.0. The summed E-state index contributed by atoms with van der Waals surface area (Å²) in [6, 6.07) is -0.978. The van der Waals surface area contributed by atoms with Crippen LogP contribution in [0.4, 0.5) is 0 Å². The van der Waals surface area contributed by atoms with Crippen LogP contribution in [0.25, 0.3) is 0 Å². The third-order valence-corrected chi connectivity index (χ3v) is 11.6. The fourth-order valence-electron chi connectivity index (χ4n) is 7.39. The zero-order valence-electron chi connectivity index (χ0n) is 42.8. The maximum absolute atomic E-state index is 13.1.